The van der Waals surface area contributed by atoms with E-state index >= 15 is 0 Å². The zero-order valence-electron chi connectivity index (χ0n) is 12.1. The lowest BCUT2D eigenvalue weighted by Gasteiger charge is -2.47. The lowest BCUT2D eigenvalue weighted by atomic mass is 9.77. The van der Waals surface area contributed by atoms with Crippen molar-refractivity contribution in [3.05, 3.63) is 33.7 Å². The Morgan fingerprint density at radius 1 is 1.11 bits per heavy atom. The number of fused-ring (bicyclic) bond motifs is 1. The fourth-order valence-corrected chi connectivity index (χ4v) is 3.92. The zero-order chi connectivity index (χ0) is 13.5. The van der Waals surface area contributed by atoms with Gasteiger partial charge in [0.15, 0.2) is 0 Å². The van der Waals surface area contributed by atoms with Gasteiger partial charge in [0.1, 0.15) is 0 Å². The minimum Gasteiger partial charge on any atom is -0.315 e. The SMILES string of the molecule is Cn1c2c(ccc1=O)C(C)(N1CCCCC1)CCC2. The molecule has 0 radical (unpaired) electrons. The van der Waals surface area contributed by atoms with Crippen LogP contribution >= 0.6 is 0 Å². The van der Waals surface area contributed by atoms with Crippen LogP contribution in [-0.2, 0) is 19.0 Å². The van der Waals surface area contributed by atoms with Crippen molar-refractivity contribution in [1.82, 2.24) is 9.47 Å². The van der Waals surface area contributed by atoms with Gasteiger partial charge in [0.25, 0.3) is 0 Å². The first kappa shape index (κ1) is 12.9. The van der Waals surface area contributed by atoms with Crippen LogP contribution in [0, 0.1) is 0 Å². The molecule has 0 bridgehead atoms. The second kappa shape index (κ2) is 4.78. The number of rotatable bonds is 1. The lowest BCUT2D eigenvalue weighted by molar-refractivity contribution is 0.0620. The van der Waals surface area contributed by atoms with Crippen molar-refractivity contribution < 1.29 is 0 Å². The number of pyridine rings is 1. The highest BCUT2D eigenvalue weighted by atomic mass is 16.1. The van der Waals surface area contributed by atoms with Crippen LogP contribution in [0.3, 0.4) is 0 Å². The lowest BCUT2D eigenvalue weighted by Crippen LogP contribution is -2.49. The number of piperidine rings is 1. The van der Waals surface area contributed by atoms with E-state index in [0.29, 0.717) is 0 Å². The van der Waals surface area contributed by atoms with E-state index in [1.54, 1.807) is 6.07 Å². The van der Waals surface area contributed by atoms with Crippen molar-refractivity contribution in [3.8, 4) is 0 Å². The molecule has 0 saturated carbocycles. The normalized spacial score (nSPS) is 28.1. The van der Waals surface area contributed by atoms with E-state index in [0.717, 1.165) is 6.42 Å². The van der Waals surface area contributed by atoms with Crippen LogP contribution in [0.4, 0.5) is 0 Å². The van der Waals surface area contributed by atoms with Gasteiger partial charge in [0.2, 0.25) is 5.56 Å². The summed E-state index contributed by atoms with van der Waals surface area (Å²) in [6.07, 6.45) is 7.46. The fraction of sp³-hybridized carbons (Fsp3) is 0.688. The Hall–Kier alpha value is -1.09. The largest absolute Gasteiger partial charge is 0.315 e. The number of hydrogen-bond donors (Lipinski definition) is 0. The van der Waals surface area contributed by atoms with E-state index in [1.807, 2.05) is 11.6 Å². The molecular formula is C16H24N2O. The van der Waals surface area contributed by atoms with E-state index < -0.39 is 0 Å². The predicted octanol–water partition coefficient (Wildman–Crippen LogP) is 2.42. The molecule has 1 aromatic heterocycles. The van der Waals surface area contributed by atoms with Crippen LogP contribution in [0.25, 0.3) is 0 Å². The average Bonchev–Trinajstić information content (AvgIpc) is 2.44. The van der Waals surface area contributed by atoms with Crippen LogP contribution in [0.2, 0.25) is 0 Å². The number of hydrogen-bond acceptors (Lipinski definition) is 2. The highest BCUT2D eigenvalue weighted by molar-refractivity contribution is 5.32. The second-order valence-electron chi connectivity index (χ2n) is 6.27. The molecule has 0 spiro atoms. The van der Waals surface area contributed by atoms with Gasteiger partial charge in [-0.3, -0.25) is 9.69 Å². The van der Waals surface area contributed by atoms with Gasteiger partial charge in [-0.25, -0.2) is 0 Å². The molecule has 1 aliphatic heterocycles. The van der Waals surface area contributed by atoms with Crippen molar-refractivity contribution in [2.75, 3.05) is 13.1 Å². The first-order valence-corrected chi connectivity index (χ1v) is 7.57. The third-order valence-corrected chi connectivity index (χ3v) is 5.15. The van der Waals surface area contributed by atoms with Crippen molar-refractivity contribution in [1.29, 1.82) is 0 Å². The van der Waals surface area contributed by atoms with Crippen LogP contribution in [0.5, 0.6) is 0 Å². The maximum absolute atomic E-state index is 11.8. The molecule has 1 atom stereocenters. The molecule has 3 nitrogen and oxygen atoms in total. The molecule has 2 heterocycles. The number of likely N-dealkylation sites (tertiary alicyclic amines) is 1. The second-order valence-corrected chi connectivity index (χ2v) is 6.27. The molecular weight excluding hydrogens is 236 g/mol. The van der Waals surface area contributed by atoms with Gasteiger partial charge in [-0.05, 0) is 63.7 Å². The van der Waals surface area contributed by atoms with Crippen molar-refractivity contribution in [2.45, 2.75) is 51.0 Å². The molecule has 0 aromatic carbocycles. The van der Waals surface area contributed by atoms with Gasteiger partial charge < -0.3 is 4.57 Å². The van der Waals surface area contributed by atoms with E-state index in [1.165, 1.54) is 56.5 Å². The van der Waals surface area contributed by atoms with Gasteiger partial charge in [-0.15, -0.1) is 0 Å². The summed E-state index contributed by atoms with van der Waals surface area (Å²) in [5.74, 6) is 0. The third-order valence-electron chi connectivity index (χ3n) is 5.15. The summed E-state index contributed by atoms with van der Waals surface area (Å²) in [7, 11) is 1.92. The highest BCUT2D eigenvalue weighted by Crippen LogP contribution is 2.40. The maximum atomic E-state index is 11.8. The van der Waals surface area contributed by atoms with Crippen molar-refractivity contribution in [2.24, 2.45) is 7.05 Å². The van der Waals surface area contributed by atoms with E-state index in [2.05, 4.69) is 17.9 Å². The molecule has 0 N–H and O–H groups in total. The molecule has 19 heavy (non-hydrogen) atoms. The van der Waals surface area contributed by atoms with Crippen LogP contribution in [0.1, 0.15) is 50.3 Å². The van der Waals surface area contributed by atoms with Gasteiger partial charge >= 0.3 is 0 Å². The molecule has 1 fully saturated rings. The maximum Gasteiger partial charge on any atom is 0.250 e. The molecule has 104 valence electrons. The fourth-order valence-electron chi connectivity index (χ4n) is 3.92. The Morgan fingerprint density at radius 3 is 2.58 bits per heavy atom. The Bertz CT molecular complexity index is 528. The van der Waals surface area contributed by atoms with Crippen LogP contribution < -0.4 is 5.56 Å². The monoisotopic (exact) mass is 260 g/mol. The molecule has 3 heteroatoms. The number of aromatic nitrogens is 1. The Morgan fingerprint density at radius 2 is 1.84 bits per heavy atom. The van der Waals surface area contributed by atoms with Crippen molar-refractivity contribution in [3.63, 3.8) is 0 Å². The van der Waals surface area contributed by atoms with E-state index in [-0.39, 0.29) is 11.1 Å². The Kier molecular flexibility index (Phi) is 3.25. The quantitative estimate of drug-likeness (QED) is 0.775. The minimum absolute atomic E-state index is 0.127. The Labute approximate surface area is 115 Å². The summed E-state index contributed by atoms with van der Waals surface area (Å²) in [6, 6.07) is 3.83. The summed E-state index contributed by atoms with van der Waals surface area (Å²) < 4.78 is 1.86. The summed E-state index contributed by atoms with van der Waals surface area (Å²) in [5, 5.41) is 0. The summed E-state index contributed by atoms with van der Waals surface area (Å²) >= 11 is 0. The van der Waals surface area contributed by atoms with Crippen molar-refractivity contribution >= 4 is 0 Å². The highest BCUT2D eigenvalue weighted by Gasteiger charge is 2.38. The zero-order valence-corrected chi connectivity index (χ0v) is 12.1. The predicted molar refractivity (Wildman–Crippen MR) is 77.4 cm³/mol. The molecule has 3 rings (SSSR count). The first-order chi connectivity index (χ1) is 9.13. The molecule has 1 saturated heterocycles. The summed E-state index contributed by atoms with van der Waals surface area (Å²) in [4.78, 5) is 14.5. The van der Waals surface area contributed by atoms with Crippen LogP contribution in [-0.4, -0.2) is 22.6 Å². The van der Waals surface area contributed by atoms with Gasteiger partial charge in [-0.1, -0.05) is 6.42 Å². The minimum atomic E-state index is 0.127. The van der Waals surface area contributed by atoms with Gasteiger partial charge in [0.05, 0.1) is 0 Å². The molecule has 1 aromatic rings. The summed E-state index contributed by atoms with van der Waals surface area (Å²) in [5.41, 5.74) is 2.91. The standard InChI is InChI=1S/C16H24N2O/c1-16(18-11-4-3-5-12-18)10-6-7-14-13(16)8-9-15(19)17(14)2/h8-9H,3-7,10-12H2,1-2H3. The third kappa shape index (κ3) is 2.04. The summed E-state index contributed by atoms with van der Waals surface area (Å²) in [6.45, 7) is 4.79. The molecule has 2 aliphatic rings. The number of nitrogens with zero attached hydrogens (tertiary/aromatic N) is 2. The smallest absolute Gasteiger partial charge is 0.250 e. The first-order valence-electron chi connectivity index (χ1n) is 7.57. The van der Waals surface area contributed by atoms with E-state index in [9.17, 15) is 4.79 Å². The molecule has 0 amide bonds. The topological polar surface area (TPSA) is 25.2 Å². The van der Waals surface area contributed by atoms with Gasteiger partial charge in [0, 0.05) is 24.3 Å². The van der Waals surface area contributed by atoms with Crippen LogP contribution in [0.15, 0.2) is 16.9 Å². The van der Waals surface area contributed by atoms with Gasteiger partial charge in [-0.2, -0.15) is 0 Å². The molecule has 1 unspecified atom stereocenters. The average molecular weight is 260 g/mol. The Balaban J connectivity index is 2.06. The molecule has 1 aliphatic carbocycles. The van der Waals surface area contributed by atoms with E-state index in [4.69, 9.17) is 0 Å².